The molecule has 5 heteroatoms. The number of hydrogen-bond acceptors (Lipinski definition) is 5. The molecule has 2 N–H and O–H groups in total. The van der Waals surface area contributed by atoms with Crippen molar-refractivity contribution in [3.8, 4) is 34.0 Å². The highest BCUT2D eigenvalue weighted by Gasteiger charge is 2.10. The van der Waals surface area contributed by atoms with Gasteiger partial charge in [0.1, 0.15) is 30.5 Å². The molecule has 0 aliphatic carbocycles. The smallest absolute Gasteiger partial charge is 0.143 e. The third-order valence-corrected chi connectivity index (χ3v) is 5.70. The first-order chi connectivity index (χ1) is 17.8. The lowest BCUT2D eigenvalue weighted by Gasteiger charge is -2.11. The molecule has 4 aromatic carbocycles. The first-order valence-corrected chi connectivity index (χ1v) is 11.9. The van der Waals surface area contributed by atoms with Gasteiger partial charge in [-0.3, -0.25) is 0 Å². The molecule has 0 saturated heterocycles. The lowest BCUT2D eigenvalue weighted by Crippen LogP contribution is -2.05. The molecule has 0 unspecified atom stereocenters. The first kappa shape index (κ1) is 23.3. The van der Waals surface area contributed by atoms with E-state index in [2.05, 4.69) is 24.3 Å². The van der Waals surface area contributed by atoms with Gasteiger partial charge in [-0.25, -0.2) is 9.97 Å². The Balaban J connectivity index is 1.38. The minimum absolute atomic E-state index is 0.258. The Hall–Kier alpha value is -4.48. The van der Waals surface area contributed by atoms with Crippen LogP contribution in [-0.2, 0) is 19.8 Å². The van der Waals surface area contributed by atoms with E-state index in [9.17, 15) is 0 Å². The van der Waals surface area contributed by atoms with Crippen LogP contribution in [0.1, 0.15) is 17.0 Å². The predicted octanol–water partition coefficient (Wildman–Crippen LogP) is 6.43. The highest BCUT2D eigenvalue weighted by atomic mass is 16.5. The molecule has 36 heavy (non-hydrogen) atoms. The second-order valence-corrected chi connectivity index (χ2v) is 8.36. The third kappa shape index (κ3) is 5.95. The SMILES string of the molecule is NCc1nc(-c2cccc(COc3ccccc3)c2)cc(-c2cccc(COc3ccccc3)c2)n1. The molecule has 0 bridgehead atoms. The molecule has 0 fully saturated rings. The van der Waals surface area contributed by atoms with Crippen molar-refractivity contribution in [2.24, 2.45) is 5.73 Å². The van der Waals surface area contributed by atoms with Crippen LogP contribution in [0.2, 0.25) is 0 Å². The average molecular weight is 474 g/mol. The van der Waals surface area contributed by atoms with Gasteiger partial charge in [0, 0.05) is 11.1 Å². The summed E-state index contributed by atoms with van der Waals surface area (Å²) in [5, 5.41) is 0. The van der Waals surface area contributed by atoms with Gasteiger partial charge in [-0.1, -0.05) is 72.8 Å². The van der Waals surface area contributed by atoms with Gasteiger partial charge in [0.2, 0.25) is 0 Å². The summed E-state index contributed by atoms with van der Waals surface area (Å²) in [7, 11) is 0. The second kappa shape index (κ2) is 11.3. The Morgan fingerprint density at radius 2 is 1.00 bits per heavy atom. The quantitative estimate of drug-likeness (QED) is 0.267. The molecule has 5 aromatic rings. The maximum atomic E-state index is 5.96. The van der Waals surface area contributed by atoms with Crippen molar-refractivity contribution in [3.05, 3.63) is 132 Å². The molecular weight excluding hydrogens is 446 g/mol. The number of aromatic nitrogens is 2. The van der Waals surface area contributed by atoms with E-state index < -0.39 is 0 Å². The minimum atomic E-state index is 0.258. The van der Waals surface area contributed by atoms with Gasteiger partial charge in [-0.05, 0) is 53.6 Å². The van der Waals surface area contributed by atoms with Crippen LogP contribution < -0.4 is 15.2 Å². The van der Waals surface area contributed by atoms with Crippen molar-refractivity contribution < 1.29 is 9.47 Å². The van der Waals surface area contributed by atoms with Gasteiger partial charge in [-0.15, -0.1) is 0 Å². The van der Waals surface area contributed by atoms with E-state index in [0.717, 1.165) is 45.1 Å². The van der Waals surface area contributed by atoms with Gasteiger partial charge in [0.15, 0.2) is 0 Å². The Bertz CT molecular complexity index is 1320. The number of nitrogens with zero attached hydrogens (tertiary/aromatic N) is 2. The summed E-state index contributed by atoms with van der Waals surface area (Å²) in [6.45, 7) is 1.21. The molecule has 0 atom stereocenters. The van der Waals surface area contributed by atoms with E-state index in [4.69, 9.17) is 25.2 Å². The number of hydrogen-bond donors (Lipinski definition) is 1. The zero-order valence-corrected chi connectivity index (χ0v) is 19.9. The molecule has 0 amide bonds. The van der Waals surface area contributed by atoms with E-state index in [1.807, 2.05) is 91.0 Å². The molecule has 178 valence electrons. The monoisotopic (exact) mass is 473 g/mol. The lowest BCUT2D eigenvalue weighted by atomic mass is 10.0. The molecule has 1 aromatic heterocycles. The summed E-state index contributed by atoms with van der Waals surface area (Å²) < 4.78 is 11.8. The summed E-state index contributed by atoms with van der Waals surface area (Å²) in [6, 6.07) is 38.0. The fourth-order valence-corrected chi connectivity index (χ4v) is 3.89. The summed E-state index contributed by atoms with van der Waals surface area (Å²) in [5.41, 5.74) is 11.7. The van der Waals surface area contributed by atoms with E-state index >= 15 is 0 Å². The van der Waals surface area contributed by atoms with Gasteiger partial charge in [0.25, 0.3) is 0 Å². The summed E-state index contributed by atoms with van der Waals surface area (Å²) in [4.78, 5) is 9.41. The Morgan fingerprint density at radius 1 is 0.528 bits per heavy atom. The number of benzene rings is 4. The average Bonchev–Trinajstić information content (AvgIpc) is 2.96. The van der Waals surface area contributed by atoms with Crippen molar-refractivity contribution in [2.75, 3.05) is 0 Å². The molecule has 0 saturated carbocycles. The Morgan fingerprint density at radius 3 is 1.44 bits per heavy atom. The third-order valence-electron chi connectivity index (χ3n) is 5.70. The fourth-order valence-electron chi connectivity index (χ4n) is 3.89. The van der Waals surface area contributed by atoms with Crippen LogP contribution >= 0.6 is 0 Å². The largest absolute Gasteiger partial charge is 0.489 e. The Kier molecular flexibility index (Phi) is 7.30. The van der Waals surface area contributed by atoms with Crippen LogP contribution in [0, 0.1) is 0 Å². The van der Waals surface area contributed by atoms with Crippen molar-refractivity contribution in [1.29, 1.82) is 0 Å². The van der Waals surface area contributed by atoms with Gasteiger partial charge in [-0.2, -0.15) is 0 Å². The van der Waals surface area contributed by atoms with Gasteiger partial charge < -0.3 is 15.2 Å². The van der Waals surface area contributed by atoms with Gasteiger partial charge in [0.05, 0.1) is 17.9 Å². The molecule has 0 radical (unpaired) electrons. The van der Waals surface area contributed by atoms with Crippen LogP contribution in [-0.4, -0.2) is 9.97 Å². The van der Waals surface area contributed by atoms with Crippen molar-refractivity contribution in [2.45, 2.75) is 19.8 Å². The maximum Gasteiger partial charge on any atom is 0.143 e. The highest BCUT2D eigenvalue weighted by Crippen LogP contribution is 2.26. The number of para-hydroxylation sites is 2. The molecule has 0 aliphatic rings. The number of rotatable bonds is 9. The van der Waals surface area contributed by atoms with Crippen LogP contribution in [0.3, 0.4) is 0 Å². The maximum absolute atomic E-state index is 5.96. The summed E-state index contributed by atoms with van der Waals surface area (Å²) >= 11 is 0. The van der Waals surface area contributed by atoms with Crippen LogP contribution in [0.15, 0.2) is 115 Å². The van der Waals surface area contributed by atoms with Crippen molar-refractivity contribution in [3.63, 3.8) is 0 Å². The van der Waals surface area contributed by atoms with Crippen molar-refractivity contribution in [1.82, 2.24) is 9.97 Å². The van der Waals surface area contributed by atoms with E-state index in [0.29, 0.717) is 19.0 Å². The van der Waals surface area contributed by atoms with E-state index in [1.54, 1.807) is 0 Å². The molecular formula is C31H27N3O2. The second-order valence-electron chi connectivity index (χ2n) is 8.36. The van der Waals surface area contributed by atoms with Crippen molar-refractivity contribution >= 4 is 0 Å². The topological polar surface area (TPSA) is 70.3 Å². The van der Waals surface area contributed by atoms with Crippen LogP contribution in [0.5, 0.6) is 11.5 Å². The number of nitrogens with two attached hydrogens (primary N) is 1. The molecule has 0 aliphatic heterocycles. The normalized spacial score (nSPS) is 10.7. The molecule has 5 rings (SSSR count). The summed E-state index contributed by atoms with van der Waals surface area (Å²) in [5.74, 6) is 2.28. The van der Waals surface area contributed by atoms with Gasteiger partial charge >= 0.3 is 0 Å². The first-order valence-electron chi connectivity index (χ1n) is 11.9. The fraction of sp³-hybridized carbons (Fsp3) is 0.0968. The van der Waals surface area contributed by atoms with Crippen LogP contribution in [0.25, 0.3) is 22.5 Å². The Labute approximate surface area is 211 Å². The van der Waals surface area contributed by atoms with E-state index in [1.165, 1.54) is 0 Å². The minimum Gasteiger partial charge on any atom is -0.489 e. The lowest BCUT2D eigenvalue weighted by molar-refractivity contribution is 0.306. The molecule has 0 spiro atoms. The van der Waals surface area contributed by atoms with E-state index in [-0.39, 0.29) is 6.54 Å². The standard InChI is InChI=1S/C31H27N3O2/c32-20-31-33-29(25-11-7-9-23(17-25)21-35-27-13-3-1-4-14-27)19-30(34-31)26-12-8-10-24(18-26)22-36-28-15-5-2-6-16-28/h1-19H,20-22,32H2. The zero-order chi connectivity index (χ0) is 24.6. The molecule has 5 nitrogen and oxygen atoms in total. The molecule has 1 heterocycles. The highest BCUT2D eigenvalue weighted by molar-refractivity contribution is 5.68. The predicted molar refractivity (Wildman–Crippen MR) is 142 cm³/mol. The van der Waals surface area contributed by atoms with Crippen LogP contribution in [0.4, 0.5) is 0 Å². The zero-order valence-electron chi connectivity index (χ0n) is 19.9. The summed E-state index contributed by atoms with van der Waals surface area (Å²) in [6.07, 6.45) is 0. The number of ether oxygens (including phenoxy) is 2.